The monoisotopic (exact) mass is 351 g/mol. The van der Waals surface area contributed by atoms with Crippen LogP contribution in [0.3, 0.4) is 0 Å². The maximum atomic E-state index is 14.2. The lowest BCUT2D eigenvalue weighted by atomic mass is 9.99. The summed E-state index contributed by atoms with van der Waals surface area (Å²) in [6, 6.07) is 4.34. The second-order valence-electron chi connectivity index (χ2n) is 5.98. The molecule has 3 rings (SSSR count). The third-order valence-electron chi connectivity index (χ3n) is 4.24. The van der Waals surface area contributed by atoms with E-state index in [2.05, 4.69) is 15.8 Å². The number of nitrogens with zero attached hydrogens (tertiary/aromatic N) is 1. The zero-order chi connectivity index (χ0) is 17.1. The largest absolute Gasteiger partial charge is 0.360 e. The summed E-state index contributed by atoms with van der Waals surface area (Å²) in [7, 11) is 0. The molecule has 1 fully saturated rings. The summed E-state index contributed by atoms with van der Waals surface area (Å²) >= 11 is 6.09. The first-order valence-corrected chi connectivity index (χ1v) is 8.35. The molecule has 1 aromatic heterocycles. The number of aryl methyl sites for hydroxylation is 1. The van der Waals surface area contributed by atoms with E-state index in [0.717, 1.165) is 25.9 Å². The van der Waals surface area contributed by atoms with Crippen molar-refractivity contribution in [1.82, 2.24) is 15.8 Å². The third-order valence-corrected chi connectivity index (χ3v) is 4.55. The molecule has 7 heteroatoms. The van der Waals surface area contributed by atoms with Gasteiger partial charge in [-0.1, -0.05) is 22.8 Å². The summed E-state index contributed by atoms with van der Waals surface area (Å²) in [5.41, 5.74) is 0.445. The van der Waals surface area contributed by atoms with Crippen LogP contribution in [0.1, 0.15) is 29.0 Å². The van der Waals surface area contributed by atoms with Crippen molar-refractivity contribution in [2.24, 2.45) is 5.92 Å². The summed E-state index contributed by atoms with van der Waals surface area (Å²) in [4.78, 5) is 12.6. The fourth-order valence-corrected chi connectivity index (χ4v) is 3.21. The number of hydrogen-bond donors (Lipinski definition) is 2. The number of amides is 1. The number of halogens is 2. The van der Waals surface area contributed by atoms with Crippen molar-refractivity contribution in [3.8, 4) is 11.3 Å². The van der Waals surface area contributed by atoms with Crippen molar-refractivity contribution >= 4 is 17.5 Å². The summed E-state index contributed by atoms with van der Waals surface area (Å²) in [6.45, 7) is 4.09. The summed E-state index contributed by atoms with van der Waals surface area (Å²) in [5, 5.41) is 10.2. The van der Waals surface area contributed by atoms with Crippen molar-refractivity contribution in [2.75, 3.05) is 19.6 Å². The van der Waals surface area contributed by atoms with Crippen LogP contribution in [-0.4, -0.2) is 30.7 Å². The van der Waals surface area contributed by atoms with Crippen molar-refractivity contribution in [3.63, 3.8) is 0 Å². The number of nitrogens with one attached hydrogen (secondary N) is 2. The van der Waals surface area contributed by atoms with E-state index in [1.807, 2.05) is 0 Å². The SMILES string of the molecule is Cc1onc(-c2c(F)cccc2Cl)c1C(=O)NCC1CCCNC1. The average Bonchev–Trinajstić information content (AvgIpc) is 2.95. The normalized spacial score (nSPS) is 17.7. The summed E-state index contributed by atoms with van der Waals surface area (Å²) in [6.07, 6.45) is 2.17. The first-order valence-electron chi connectivity index (χ1n) is 7.97. The van der Waals surface area contributed by atoms with Crippen LogP contribution < -0.4 is 10.6 Å². The van der Waals surface area contributed by atoms with Gasteiger partial charge in [0.15, 0.2) is 0 Å². The molecule has 24 heavy (non-hydrogen) atoms. The van der Waals surface area contributed by atoms with E-state index in [4.69, 9.17) is 16.1 Å². The fourth-order valence-electron chi connectivity index (χ4n) is 2.96. The topological polar surface area (TPSA) is 67.2 Å². The molecule has 2 N–H and O–H groups in total. The first kappa shape index (κ1) is 16.9. The molecular formula is C17H19ClFN3O2. The molecule has 128 valence electrons. The molecule has 0 bridgehead atoms. The van der Waals surface area contributed by atoms with Crippen LogP contribution >= 0.6 is 11.6 Å². The van der Waals surface area contributed by atoms with Gasteiger partial charge in [0.25, 0.3) is 5.91 Å². The number of carbonyl (C=O) groups excluding carboxylic acids is 1. The number of benzene rings is 1. The minimum absolute atomic E-state index is 0.0838. The molecule has 0 aliphatic carbocycles. The minimum atomic E-state index is -0.540. The average molecular weight is 352 g/mol. The van der Waals surface area contributed by atoms with Crippen molar-refractivity contribution in [1.29, 1.82) is 0 Å². The van der Waals surface area contributed by atoms with E-state index < -0.39 is 5.82 Å². The van der Waals surface area contributed by atoms with Crippen LogP contribution in [0.4, 0.5) is 4.39 Å². The van der Waals surface area contributed by atoms with Gasteiger partial charge < -0.3 is 15.2 Å². The maximum absolute atomic E-state index is 14.2. The van der Waals surface area contributed by atoms with Gasteiger partial charge in [0.1, 0.15) is 22.8 Å². The summed E-state index contributed by atoms with van der Waals surface area (Å²) < 4.78 is 19.3. The van der Waals surface area contributed by atoms with E-state index in [1.165, 1.54) is 12.1 Å². The van der Waals surface area contributed by atoms with Crippen molar-refractivity contribution in [2.45, 2.75) is 19.8 Å². The fraction of sp³-hybridized carbons (Fsp3) is 0.412. The molecule has 2 aromatic rings. The van der Waals surface area contributed by atoms with E-state index in [1.54, 1.807) is 13.0 Å². The molecule has 1 aromatic carbocycles. The van der Waals surface area contributed by atoms with Gasteiger partial charge in [-0.15, -0.1) is 0 Å². The van der Waals surface area contributed by atoms with E-state index >= 15 is 0 Å². The van der Waals surface area contributed by atoms with E-state index in [9.17, 15) is 9.18 Å². The molecule has 1 aliphatic heterocycles. The molecule has 1 aliphatic rings. The summed E-state index contributed by atoms with van der Waals surface area (Å²) in [5.74, 6) is -0.137. The smallest absolute Gasteiger partial charge is 0.257 e. The van der Waals surface area contributed by atoms with Crippen LogP contribution in [-0.2, 0) is 0 Å². The minimum Gasteiger partial charge on any atom is -0.360 e. The maximum Gasteiger partial charge on any atom is 0.257 e. The second-order valence-corrected chi connectivity index (χ2v) is 6.39. The lowest BCUT2D eigenvalue weighted by Crippen LogP contribution is -2.38. The highest BCUT2D eigenvalue weighted by Crippen LogP contribution is 2.33. The number of piperidine rings is 1. The van der Waals surface area contributed by atoms with E-state index in [-0.39, 0.29) is 27.8 Å². The molecular weight excluding hydrogens is 333 g/mol. The van der Waals surface area contributed by atoms with Gasteiger partial charge in [0.05, 0.1) is 10.6 Å². The van der Waals surface area contributed by atoms with Gasteiger partial charge in [0, 0.05) is 6.54 Å². The zero-order valence-corrected chi connectivity index (χ0v) is 14.1. The molecule has 1 unspecified atom stereocenters. The Kier molecular flexibility index (Phi) is 5.16. The molecule has 0 spiro atoms. The first-order chi connectivity index (χ1) is 11.6. The highest BCUT2D eigenvalue weighted by molar-refractivity contribution is 6.33. The van der Waals surface area contributed by atoms with Crippen LogP contribution in [0.25, 0.3) is 11.3 Å². The second kappa shape index (κ2) is 7.32. The highest BCUT2D eigenvalue weighted by atomic mass is 35.5. The van der Waals surface area contributed by atoms with E-state index in [0.29, 0.717) is 18.2 Å². The van der Waals surface area contributed by atoms with Crippen molar-refractivity contribution < 1.29 is 13.7 Å². The van der Waals surface area contributed by atoms with Gasteiger partial charge in [-0.2, -0.15) is 0 Å². The molecule has 0 saturated carbocycles. The Balaban J connectivity index is 1.83. The Hall–Kier alpha value is -1.92. The predicted molar refractivity (Wildman–Crippen MR) is 89.6 cm³/mol. The van der Waals surface area contributed by atoms with Crippen LogP contribution in [0.2, 0.25) is 5.02 Å². The van der Waals surface area contributed by atoms with Crippen LogP contribution in [0, 0.1) is 18.7 Å². The Morgan fingerprint density at radius 2 is 2.38 bits per heavy atom. The van der Waals surface area contributed by atoms with Crippen molar-refractivity contribution in [3.05, 3.63) is 40.4 Å². The molecule has 1 saturated heterocycles. The molecule has 2 heterocycles. The molecule has 1 atom stereocenters. The predicted octanol–water partition coefficient (Wildman–Crippen LogP) is 3.17. The Morgan fingerprint density at radius 1 is 1.54 bits per heavy atom. The van der Waals surface area contributed by atoms with Crippen LogP contribution in [0.5, 0.6) is 0 Å². The molecule has 5 nitrogen and oxygen atoms in total. The lowest BCUT2D eigenvalue weighted by molar-refractivity contribution is 0.0944. The van der Waals surface area contributed by atoms with Gasteiger partial charge in [-0.25, -0.2) is 4.39 Å². The Morgan fingerprint density at radius 3 is 3.08 bits per heavy atom. The van der Waals surface area contributed by atoms with Gasteiger partial charge in [-0.05, 0) is 50.9 Å². The van der Waals surface area contributed by atoms with Crippen LogP contribution in [0.15, 0.2) is 22.7 Å². The number of carbonyl (C=O) groups is 1. The van der Waals surface area contributed by atoms with Gasteiger partial charge in [0.2, 0.25) is 0 Å². The highest BCUT2D eigenvalue weighted by Gasteiger charge is 2.26. The Bertz CT molecular complexity index is 721. The molecule has 1 amide bonds. The van der Waals surface area contributed by atoms with Gasteiger partial charge >= 0.3 is 0 Å². The standard InChI is InChI=1S/C17H19ClFN3O2/c1-10-14(17(23)21-9-11-4-3-7-20-8-11)16(22-24-10)15-12(18)5-2-6-13(15)19/h2,5-6,11,20H,3-4,7-9H2,1H3,(H,21,23). The molecule has 0 radical (unpaired) electrons. The number of aromatic nitrogens is 1. The third kappa shape index (κ3) is 3.44. The quantitative estimate of drug-likeness (QED) is 0.887. The van der Waals surface area contributed by atoms with Gasteiger partial charge in [-0.3, -0.25) is 4.79 Å². The number of hydrogen-bond acceptors (Lipinski definition) is 4. The Labute approximate surface area is 144 Å². The zero-order valence-electron chi connectivity index (χ0n) is 13.4. The lowest BCUT2D eigenvalue weighted by Gasteiger charge is -2.22. The number of rotatable bonds is 4.